The van der Waals surface area contributed by atoms with Gasteiger partial charge < -0.3 is 5.11 Å². The molecule has 6 atom stereocenters. The average Bonchev–Trinajstić information content (AvgIpc) is 3.29. The van der Waals surface area contributed by atoms with Crippen LogP contribution in [0.3, 0.4) is 0 Å². The minimum absolute atomic E-state index is 0.0124. The highest BCUT2D eigenvalue weighted by atomic mass is 35.5. The van der Waals surface area contributed by atoms with Gasteiger partial charge in [0.2, 0.25) is 0 Å². The second-order valence-corrected chi connectivity index (χ2v) is 13.2. The van der Waals surface area contributed by atoms with Gasteiger partial charge in [-0.05, 0) is 43.4 Å². The van der Waals surface area contributed by atoms with Crippen molar-refractivity contribution in [3.8, 4) is 5.75 Å². The maximum Gasteiger partial charge on any atom is 0.433 e. The Balaban J connectivity index is 1.47. The number of rotatable bonds is 3. The number of alkyl halides is 5. The fraction of sp³-hybridized carbons (Fsp3) is 0.414. The Labute approximate surface area is 264 Å². The second kappa shape index (κ2) is 9.82. The van der Waals surface area contributed by atoms with E-state index in [1.807, 2.05) is 0 Å². The van der Waals surface area contributed by atoms with Gasteiger partial charge in [-0.1, -0.05) is 41.4 Å². The molecular formula is C29H24Cl3F3N4O5. The standard InChI is InChI=1S/C29H24Cl3F3N4O5/c1-12-5-4-6-15(21(12)40)20-13-7-8-14-19(16(13)11-27(31)25(43)37(2)26(44)28(20,27)32)24(42)39(23(14)41)38(3)22-17(30)9-10-18(36-22)29(33,34)35/h4-7,9-10,14,16,19-20,40H,8,11H2,1-3H3/t14-,16+,19-,20+,27+,28-/m0/s1. The number of amides is 4. The van der Waals surface area contributed by atoms with Gasteiger partial charge in [0.25, 0.3) is 23.6 Å². The van der Waals surface area contributed by atoms with E-state index in [2.05, 4.69) is 4.98 Å². The van der Waals surface area contributed by atoms with Crippen LogP contribution >= 0.6 is 34.8 Å². The number of aryl methyl sites for hydroxylation is 1. The van der Waals surface area contributed by atoms with Crippen molar-refractivity contribution in [3.05, 3.63) is 63.8 Å². The number of allylic oxidation sites excluding steroid dienone is 2. The summed E-state index contributed by atoms with van der Waals surface area (Å²) >= 11 is 20.4. The van der Waals surface area contributed by atoms with Gasteiger partial charge in [0.15, 0.2) is 15.6 Å². The average molecular weight is 672 g/mol. The van der Waals surface area contributed by atoms with Gasteiger partial charge in [-0.15, -0.1) is 23.2 Å². The summed E-state index contributed by atoms with van der Waals surface area (Å²) in [6.07, 6.45) is -3.41. The van der Waals surface area contributed by atoms with Crippen LogP contribution in [0.15, 0.2) is 42.0 Å². The number of nitrogens with zero attached hydrogens (tertiary/aromatic N) is 4. The summed E-state index contributed by atoms with van der Waals surface area (Å²) in [5.41, 5.74) is -0.124. The van der Waals surface area contributed by atoms with E-state index >= 15 is 0 Å². The third-order valence-corrected chi connectivity index (χ3v) is 11.0. The lowest BCUT2D eigenvalue weighted by Gasteiger charge is -2.50. The highest BCUT2D eigenvalue weighted by Gasteiger charge is 2.76. The Bertz CT molecular complexity index is 1700. The molecule has 2 aliphatic carbocycles. The van der Waals surface area contributed by atoms with Crippen molar-refractivity contribution in [1.82, 2.24) is 14.9 Å². The first-order chi connectivity index (χ1) is 20.5. The van der Waals surface area contributed by atoms with Crippen LogP contribution in [0.25, 0.3) is 0 Å². The Morgan fingerprint density at radius 2 is 1.73 bits per heavy atom. The highest BCUT2D eigenvalue weighted by Crippen LogP contribution is 2.66. The molecule has 0 spiro atoms. The zero-order valence-electron chi connectivity index (χ0n) is 23.3. The number of para-hydroxylation sites is 1. The molecule has 1 saturated carbocycles. The molecule has 1 aromatic carbocycles. The van der Waals surface area contributed by atoms with E-state index in [0.717, 1.165) is 16.0 Å². The number of carbonyl (C=O) groups is 4. The van der Waals surface area contributed by atoms with Crippen LogP contribution in [0.1, 0.15) is 35.6 Å². The number of hydrogen-bond acceptors (Lipinski definition) is 7. The first kappa shape index (κ1) is 30.7. The number of hydrazine groups is 1. The molecule has 232 valence electrons. The monoisotopic (exact) mass is 670 g/mol. The van der Waals surface area contributed by atoms with Gasteiger partial charge >= 0.3 is 6.18 Å². The van der Waals surface area contributed by atoms with E-state index in [-0.39, 0.29) is 29.2 Å². The number of benzene rings is 1. The maximum absolute atomic E-state index is 14.1. The number of fused-ring (bicyclic) bond motifs is 4. The normalized spacial score (nSPS) is 31.6. The number of anilines is 1. The number of carbonyl (C=O) groups excluding carboxylic acids is 4. The number of imide groups is 2. The Morgan fingerprint density at radius 3 is 2.39 bits per heavy atom. The second-order valence-electron chi connectivity index (χ2n) is 11.5. The van der Waals surface area contributed by atoms with Gasteiger partial charge in [0.1, 0.15) is 11.4 Å². The number of likely N-dealkylation sites (tertiary alicyclic amines) is 1. The summed E-state index contributed by atoms with van der Waals surface area (Å²) in [6.45, 7) is 1.65. The van der Waals surface area contributed by atoms with Gasteiger partial charge in [0.05, 0.1) is 16.9 Å². The fourth-order valence-corrected chi connectivity index (χ4v) is 8.43. The molecule has 3 fully saturated rings. The first-order valence-electron chi connectivity index (χ1n) is 13.5. The van der Waals surface area contributed by atoms with E-state index in [4.69, 9.17) is 34.8 Å². The fourth-order valence-electron chi connectivity index (χ4n) is 7.19. The molecule has 2 aromatic rings. The van der Waals surface area contributed by atoms with Crippen LogP contribution in [-0.2, 0) is 25.4 Å². The summed E-state index contributed by atoms with van der Waals surface area (Å²) < 4.78 is 40.3. The summed E-state index contributed by atoms with van der Waals surface area (Å²) in [4.78, 5) is 55.3. The number of halogens is 6. The van der Waals surface area contributed by atoms with Crippen LogP contribution in [0.4, 0.5) is 19.0 Å². The van der Waals surface area contributed by atoms with Gasteiger partial charge in [-0.2, -0.15) is 18.2 Å². The van der Waals surface area contributed by atoms with E-state index in [9.17, 15) is 37.5 Å². The molecule has 44 heavy (non-hydrogen) atoms. The molecule has 2 saturated heterocycles. The number of pyridine rings is 1. The van der Waals surface area contributed by atoms with Crippen molar-refractivity contribution < 1.29 is 37.5 Å². The molecule has 4 amide bonds. The van der Waals surface area contributed by atoms with E-state index in [0.29, 0.717) is 22.2 Å². The number of hydrogen-bond donors (Lipinski definition) is 1. The van der Waals surface area contributed by atoms with E-state index in [1.54, 1.807) is 31.2 Å². The molecule has 0 unspecified atom stereocenters. The summed E-state index contributed by atoms with van der Waals surface area (Å²) in [7, 11) is 2.45. The number of aromatic nitrogens is 1. The van der Waals surface area contributed by atoms with Gasteiger partial charge in [0, 0.05) is 25.6 Å². The maximum atomic E-state index is 14.1. The van der Waals surface area contributed by atoms with Crippen molar-refractivity contribution in [1.29, 1.82) is 0 Å². The van der Waals surface area contributed by atoms with Crippen molar-refractivity contribution >= 4 is 64.2 Å². The largest absolute Gasteiger partial charge is 0.507 e. The third kappa shape index (κ3) is 3.89. The SMILES string of the molecule is Cc1cccc([C@H]2C3=CC[C@@H]4C(=O)N(N(C)c5nc(C(F)(F)F)ccc5Cl)C(=O)[C@@H]4[C@@H]3C[C@@]3(Cl)C(=O)N(C)C(=O)[C@@]23Cl)c1O. The van der Waals surface area contributed by atoms with Crippen molar-refractivity contribution in [3.63, 3.8) is 0 Å². The lowest BCUT2D eigenvalue weighted by Crippen LogP contribution is -2.60. The molecule has 0 radical (unpaired) electrons. The molecule has 3 heterocycles. The molecule has 9 nitrogen and oxygen atoms in total. The summed E-state index contributed by atoms with van der Waals surface area (Å²) in [5, 5.41) is 12.5. The summed E-state index contributed by atoms with van der Waals surface area (Å²) in [5.74, 6) is -7.81. The first-order valence-corrected chi connectivity index (χ1v) is 14.6. The number of aromatic hydroxyl groups is 1. The molecule has 4 aliphatic rings. The van der Waals surface area contributed by atoms with E-state index in [1.165, 1.54) is 14.1 Å². The molecule has 0 bridgehead atoms. The highest BCUT2D eigenvalue weighted by molar-refractivity contribution is 6.53. The summed E-state index contributed by atoms with van der Waals surface area (Å²) in [6, 6.07) is 6.50. The lowest BCUT2D eigenvalue weighted by molar-refractivity contribution is -0.141. The minimum Gasteiger partial charge on any atom is -0.507 e. The van der Waals surface area contributed by atoms with E-state index < -0.39 is 74.7 Å². The Morgan fingerprint density at radius 1 is 1.05 bits per heavy atom. The van der Waals surface area contributed by atoms with Crippen molar-refractivity contribution in [2.24, 2.45) is 17.8 Å². The van der Waals surface area contributed by atoms with Crippen LogP contribution in [-0.4, -0.2) is 67.5 Å². The zero-order valence-corrected chi connectivity index (χ0v) is 25.6. The smallest absolute Gasteiger partial charge is 0.433 e. The van der Waals surface area contributed by atoms with Crippen molar-refractivity contribution in [2.45, 2.75) is 41.6 Å². The molecule has 2 aliphatic heterocycles. The number of phenols is 1. The molecule has 15 heteroatoms. The topological polar surface area (TPSA) is 111 Å². The van der Waals surface area contributed by atoms with Gasteiger partial charge in [-0.25, -0.2) is 4.98 Å². The Kier molecular flexibility index (Phi) is 6.85. The lowest BCUT2D eigenvalue weighted by atomic mass is 9.56. The molecule has 6 rings (SSSR count). The van der Waals surface area contributed by atoms with Crippen LogP contribution in [0, 0.1) is 24.7 Å². The zero-order chi connectivity index (χ0) is 32.3. The Hall–Kier alpha value is -3.35. The molecular weight excluding hydrogens is 648 g/mol. The van der Waals surface area contributed by atoms with Crippen LogP contribution < -0.4 is 5.01 Å². The quantitative estimate of drug-likeness (QED) is 0.283. The number of phenolic OH excluding ortho intramolecular Hbond substituents is 1. The van der Waals surface area contributed by atoms with Crippen molar-refractivity contribution in [2.75, 3.05) is 19.1 Å². The minimum atomic E-state index is -4.81. The third-order valence-electron chi connectivity index (χ3n) is 9.30. The van der Waals surface area contributed by atoms with Crippen LogP contribution in [0.2, 0.25) is 5.02 Å². The van der Waals surface area contributed by atoms with Crippen LogP contribution in [0.5, 0.6) is 5.75 Å². The van der Waals surface area contributed by atoms with Gasteiger partial charge in [-0.3, -0.25) is 29.1 Å². The predicted molar refractivity (Wildman–Crippen MR) is 153 cm³/mol. The molecule has 1 N–H and O–H groups in total. The predicted octanol–water partition coefficient (Wildman–Crippen LogP) is 4.81. The molecule has 1 aromatic heterocycles.